The number of hydrogen-bond acceptors (Lipinski definition) is 10. The molecule has 107 valence electrons. The summed E-state index contributed by atoms with van der Waals surface area (Å²) >= 11 is 0. The van der Waals surface area contributed by atoms with Crippen molar-refractivity contribution in [2.24, 2.45) is 5.73 Å². The van der Waals surface area contributed by atoms with E-state index in [4.69, 9.17) is 15.0 Å². The SMILES string of the molecule is NCC(=O)[O-].O=C([O-])CC(O)(CC(=O)[O-])C(=O)[O-].[Mn+4]. The van der Waals surface area contributed by atoms with Gasteiger partial charge in [0.25, 0.3) is 0 Å². The van der Waals surface area contributed by atoms with Crippen LogP contribution in [-0.2, 0) is 36.2 Å². The molecule has 0 saturated carbocycles. The molecule has 0 unspecified atom stereocenters. The third-order valence-electron chi connectivity index (χ3n) is 1.42. The number of nitrogens with two attached hydrogens (primary N) is 1. The molecule has 0 saturated heterocycles. The van der Waals surface area contributed by atoms with E-state index < -0.39 is 42.3 Å². The molecular formula is C8H9MnNO9. The van der Waals surface area contributed by atoms with Crippen molar-refractivity contribution in [3.05, 3.63) is 0 Å². The summed E-state index contributed by atoms with van der Waals surface area (Å²) in [7, 11) is 0. The zero-order chi connectivity index (χ0) is 14.9. The molecule has 0 aromatic carbocycles. The van der Waals surface area contributed by atoms with Crippen LogP contribution in [0.25, 0.3) is 0 Å². The predicted octanol–water partition coefficient (Wildman–Crippen LogP) is -7.56. The molecule has 0 rings (SSSR count). The summed E-state index contributed by atoms with van der Waals surface area (Å²) < 4.78 is 0. The van der Waals surface area contributed by atoms with E-state index in [-0.39, 0.29) is 23.6 Å². The molecule has 11 heteroatoms. The molecule has 19 heavy (non-hydrogen) atoms. The van der Waals surface area contributed by atoms with Crippen molar-refractivity contribution in [2.45, 2.75) is 18.4 Å². The van der Waals surface area contributed by atoms with Gasteiger partial charge in [-0.25, -0.2) is 0 Å². The molecule has 1 radical (unpaired) electrons. The van der Waals surface area contributed by atoms with Gasteiger partial charge in [-0.15, -0.1) is 0 Å². The van der Waals surface area contributed by atoms with Crippen LogP contribution in [0, 0.1) is 0 Å². The van der Waals surface area contributed by atoms with Gasteiger partial charge in [-0.1, -0.05) is 0 Å². The van der Waals surface area contributed by atoms with Gasteiger partial charge in [-0.05, 0) is 0 Å². The summed E-state index contributed by atoms with van der Waals surface area (Å²) in [6, 6.07) is 0. The second-order valence-electron chi connectivity index (χ2n) is 2.99. The maximum atomic E-state index is 10.1. The van der Waals surface area contributed by atoms with E-state index in [0.717, 1.165) is 0 Å². The van der Waals surface area contributed by atoms with Crippen LogP contribution >= 0.6 is 0 Å². The van der Waals surface area contributed by atoms with Crippen LogP contribution in [0.2, 0.25) is 0 Å². The molecule has 0 amide bonds. The molecular weight excluding hydrogens is 309 g/mol. The average Bonchev–Trinajstić information content (AvgIpc) is 2.15. The van der Waals surface area contributed by atoms with Gasteiger partial charge in [0.15, 0.2) is 0 Å². The molecule has 0 atom stereocenters. The molecule has 0 heterocycles. The van der Waals surface area contributed by atoms with Gasteiger partial charge in [-0.2, -0.15) is 0 Å². The van der Waals surface area contributed by atoms with Crippen LogP contribution in [0.15, 0.2) is 0 Å². The smallest absolute Gasteiger partial charge is 0.550 e. The number of carbonyl (C=O) groups is 4. The van der Waals surface area contributed by atoms with Crippen molar-refractivity contribution in [1.82, 2.24) is 0 Å². The van der Waals surface area contributed by atoms with E-state index in [1.54, 1.807) is 0 Å². The Labute approximate surface area is 117 Å². The molecule has 0 bridgehead atoms. The normalized spacial score (nSPS) is 9.37. The Balaban J connectivity index is -0.000000366. The first kappa shape index (κ1) is 22.5. The van der Waals surface area contributed by atoms with Crippen molar-refractivity contribution in [2.75, 3.05) is 6.54 Å². The van der Waals surface area contributed by atoms with E-state index in [9.17, 15) is 29.7 Å². The van der Waals surface area contributed by atoms with Crippen molar-refractivity contribution in [3.8, 4) is 0 Å². The van der Waals surface area contributed by atoms with Crippen molar-refractivity contribution >= 4 is 23.9 Å². The number of hydrogen-bond donors (Lipinski definition) is 2. The first-order valence-corrected chi connectivity index (χ1v) is 4.28. The van der Waals surface area contributed by atoms with Crippen molar-refractivity contribution < 1.29 is 61.8 Å². The maximum absolute atomic E-state index is 10.1. The number of aliphatic carboxylic acids is 4. The Bertz CT molecular complexity index is 327. The Morgan fingerprint density at radius 1 is 0.895 bits per heavy atom. The standard InChI is InChI=1S/C6H8O7.C2H5NO2.Mn/c7-3(8)1-6(13,5(11)12)2-4(9)10;3-1-2(4)5;/h13H,1-2H2,(H,7,8)(H,9,10)(H,11,12);1,3H2,(H,4,5);/q;;+4/p-4. The van der Waals surface area contributed by atoms with E-state index >= 15 is 0 Å². The first-order chi connectivity index (χ1) is 8.05. The molecule has 0 aliphatic carbocycles. The summed E-state index contributed by atoms with van der Waals surface area (Å²) in [5.74, 6) is -7.20. The molecule has 0 fully saturated rings. The zero-order valence-electron chi connectivity index (χ0n) is 9.29. The quantitative estimate of drug-likeness (QED) is 0.442. The first-order valence-electron chi connectivity index (χ1n) is 4.28. The fourth-order valence-electron chi connectivity index (χ4n) is 0.684. The number of carbonyl (C=O) groups excluding carboxylic acids is 4. The summed E-state index contributed by atoms with van der Waals surface area (Å²) in [5.41, 5.74) is 1.53. The van der Waals surface area contributed by atoms with Crippen molar-refractivity contribution in [1.29, 1.82) is 0 Å². The zero-order valence-corrected chi connectivity index (χ0v) is 10.5. The second-order valence-corrected chi connectivity index (χ2v) is 2.99. The summed E-state index contributed by atoms with van der Waals surface area (Å²) in [4.78, 5) is 39.1. The molecule has 10 nitrogen and oxygen atoms in total. The number of aliphatic hydroxyl groups is 1. The van der Waals surface area contributed by atoms with E-state index in [2.05, 4.69) is 5.73 Å². The van der Waals surface area contributed by atoms with Crippen molar-refractivity contribution in [3.63, 3.8) is 0 Å². The molecule has 0 aromatic heterocycles. The Hall–Kier alpha value is -1.68. The molecule has 0 spiro atoms. The topological polar surface area (TPSA) is 207 Å². The maximum Gasteiger partial charge on any atom is 4.00 e. The third-order valence-corrected chi connectivity index (χ3v) is 1.42. The average molecular weight is 318 g/mol. The van der Waals surface area contributed by atoms with Gasteiger partial charge < -0.3 is 50.4 Å². The van der Waals surface area contributed by atoms with Crippen LogP contribution in [0.3, 0.4) is 0 Å². The van der Waals surface area contributed by atoms with Crippen LogP contribution in [-0.4, -0.2) is 41.1 Å². The van der Waals surface area contributed by atoms with Gasteiger partial charge in [0.1, 0.15) is 5.60 Å². The van der Waals surface area contributed by atoms with Gasteiger partial charge in [0, 0.05) is 31.3 Å². The van der Waals surface area contributed by atoms with Crippen LogP contribution in [0.5, 0.6) is 0 Å². The van der Waals surface area contributed by atoms with Gasteiger partial charge in [-0.3, -0.25) is 0 Å². The number of carboxylic acid groups (broad SMARTS) is 4. The minimum Gasteiger partial charge on any atom is -0.550 e. The third kappa shape index (κ3) is 12.6. The number of rotatable bonds is 6. The predicted molar refractivity (Wildman–Crippen MR) is 43.3 cm³/mol. The Morgan fingerprint density at radius 3 is 1.26 bits per heavy atom. The fourth-order valence-corrected chi connectivity index (χ4v) is 0.684. The van der Waals surface area contributed by atoms with Gasteiger partial charge in [0.2, 0.25) is 0 Å². The monoisotopic (exact) mass is 318 g/mol. The molecule has 0 aromatic rings. The summed E-state index contributed by atoms with van der Waals surface area (Å²) in [6.07, 6.45) is -2.72. The van der Waals surface area contributed by atoms with Crippen LogP contribution < -0.4 is 26.2 Å². The van der Waals surface area contributed by atoms with Crippen LogP contribution in [0.1, 0.15) is 12.8 Å². The fraction of sp³-hybridized carbons (Fsp3) is 0.500. The Morgan fingerprint density at radius 2 is 1.16 bits per heavy atom. The Kier molecular flexibility index (Phi) is 12.1. The molecule has 0 aliphatic heterocycles. The van der Waals surface area contributed by atoms with Crippen LogP contribution in [0.4, 0.5) is 0 Å². The van der Waals surface area contributed by atoms with Gasteiger partial charge >= 0.3 is 17.1 Å². The van der Waals surface area contributed by atoms with E-state index in [1.165, 1.54) is 0 Å². The second kappa shape index (κ2) is 10.3. The van der Waals surface area contributed by atoms with Gasteiger partial charge in [0.05, 0.1) is 11.9 Å². The van der Waals surface area contributed by atoms with E-state index in [1.807, 2.05) is 0 Å². The summed E-state index contributed by atoms with van der Waals surface area (Å²) in [6.45, 7) is -0.389. The molecule has 0 aliphatic rings. The minimum atomic E-state index is -2.97. The summed E-state index contributed by atoms with van der Waals surface area (Å²) in [5, 5.41) is 48.1. The number of carboxylic acids is 4. The minimum absolute atomic E-state index is 0. The van der Waals surface area contributed by atoms with E-state index in [0.29, 0.717) is 0 Å². The largest absolute Gasteiger partial charge is 4.00 e. The molecule has 3 N–H and O–H groups in total.